The normalized spacial score (nSPS) is 23.6. The van der Waals surface area contributed by atoms with Crippen LogP contribution in [0, 0.1) is 11.3 Å². The Kier molecular flexibility index (Phi) is 5.02. The summed E-state index contributed by atoms with van der Waals surface area (Å²) in [6, 6.07) is 0.258. The third-order valence-electron chi connectivity index (χ3n) is 4.67. The fourth-order valence-electron chi connectivity index (χ4n) is 2.85. The highest BCUT2D eigenvalue weighted by molar-refractivity contribution is 7.17. The van der Waals surface area contributed by atoms with E-state index in [4.69, 9.17) is 11.6 Å². The first-order valence-electron chi connectivity index (χ1n) is 7.22. The lowest BCUT2D eigenvalue weighted by atomic mass is 9.69. The molecule has 2 rings (SSSR count). The van der Waals surface area contributed by atoms with Crippen molar-refractivity contribution >= 4 is 28.8 Å². The van der Waals surface area contributed by atoms with Gasteiger partial charge in [0.25, 0.3) is 5.91 Å². The Balaban J connectivity index is 1.84. The first-order valence-corrected chi connectivity index (χ1v) is 8.41. The number of nitrogens with one attached hydrogen (secondary N) is 1. The molecule has 1 saturated carbocycles. The second kappa shape index (κ2) is 6.39. The van der Waals surface area contributed by atoms with Gasteiger partial charge in [0, 0.05) is 6.04 Å². The summed E-state index contributed by atoms with van der Waals surface area (Å²) in [6.07, 6.45) is 5.67. The van der Waals surface area contributed by atoms with E-state index in [1.165, 1.54) is 19.3 Å². The molecule has 1 aliphatic carbocycles. The van der Waals surface area contributed by atoms with Gasteiger partial charge in [-0.2, -0.15) is 0 Å². The predicted molar refractivity (Wildman–Crippen MR) is 82.2 cm³/mol. The van der Waals surface area contributed by atoms with Crippen molar-refractivity contribution in [1.82, 2.24) is 15.5 Å². The van der Waals surface area contributed by atoms with Crippen molar-refractivity contribution in [3.63, 3.8) is 0 Å². The first-order chi connectivity index (χ1) is 9.42. The molecule has 0 aromatic carbocycles. The quantitative estimate of drug-likeness (QED) is 0.916. The van der Waals surface area contributed by atoms with Gasteiger partial charge in [0.2, 0.25) is 9.47 Å². The fraction of sp³-hybridized carbons (Fsp3) is 0.786. The number of carbonyl (C=O) groups is 1. The van der Waals surface area contributed by atoms with Crippen LogP contribution in [0.25, 0.3) is 0 Å². The molecule has 0 saturated heterocycles. The Bertz CT molecular complexity index is 467. The summed E-state index contributed by atoms with van der Waals surface area (Å²) >= 11 is 6.82. The summed E-state index contributed by atoms with van der Waals surface area (Å²) in [4.78, 5) is 12.0. The summed E-state index contributed by atoms with van der Waals surface area (Å²) in [5.41, 5.74) is 0.404. The molecule has 0 unspecified atom stereocenters. The lowest BCUT2D eigenvalue weighted by molar-refractivity contribution is 0.0892. The SMILES string of the molecule is CCC(C)(C)C1CCC(NC(=O)c2nnc(Cl)s2)CC1. The number of hydrogen-bond donors (Lipinski definition) is 1. The third kappa shape index (κ3) is 3.70. The van der Waals surface area contributed by atoms with Crippen molar-refractivity contribution in [3.8, 4) is 0 Å². The zero-order chi connectivity index (χ0) is 14.8. The Morgan fingerprint density at radius 3 is 2.50 bits per heavy atom. The average molecular weight is 316 g/mol. The third-order valence-corrected chi connectivity index (χ3v) is 5.69. The summed E-state index contributed by atoms with van der Waals surface area (Å²) in [6.45, 7) is 6.95. The largest absolute Gasteiger partial charge is 0.347 e. The second-order valence-corrected chi connectivity index (χ2v) is 7.78. The van der Waals surface area contributed by atoms with Crippen LogP contribution in [0.4, 0.5) is 0 Å². The van der Waals surface area contributed by atoms with Gasteiger partial charge in [-0.15, -0.1) is 10.2 Å². The lowest BCUT2D eigenvalue weighted by Gasteiger charge is -2.39. The second-order valence-electron chi connectivity index (χ2n) is 6.22. The van der Waals surface area contributed by atoms with E-state index in [0.29, 0.717) is 14.9 Å². The molecule has 0 aliphatic heterocycles. The number of rotatable bonds is 4. The van der Waals surface area contributed by atoms with Crippen molar-refractivity contribution in [3.05, 3.63) is 9.47 Å². The highest BCUT2D eigenvalue weighted by Crippen LogP contribution is 2.40. The molecule has 6 heteroatoms. The zero-order valence-corrected chi connectivity index (χ0v) is 13.9. The monoisotopic (exact) mass is 315 g/mol. The minimum Gasteiger partial charge on any atom is -0.347 e. The van der Waals surface area contributed by atoms with E-state index in [9.17, 15) is 4.79 Å². The van der Waals surface area contributed by atoms with Gasteiger partial charge in [-0.1, -0.05) is 38.5 Å². The topological polar surface area (TPSA) is 54.9 Å². The maximum Gasteiger partial charge on any atom is 0.282 e. The van der Waals surface area contributed by atoms with Crippen LogP contribution < -0.4 is 5.32 Å². The fourth-order valence-corrected chi connectivity index (χ4v) is 3.58. The number of amides is 1. The minimum absolute atomic E-state index is 0.146. The zero-order valence-electron chi connectivity index (χ0n) is 12.3. The molecule has 1 amide bonds. The number of aromatic nitrogens is 2. The Labute approximate surface area is 129 Å². The van der Waals surface area contributed by atoms with Crippen LogP contribution in [-0.4, -0.2) is 22.1 Å². The van der Waals surface area contributed by atoms with Crippen LogP contribution in [0.5, 0.6) is 0 Å². The van der Waals surface area contributed by atoms with Crippen molar-refractivity contribution < 1.29 is 4.79 Å². The van der Waals surface area contributed by atoms with Gasteiger partial charge in [-0.05, 0) is 48.6 Å². The number of nitrogens with zero attached hydrogens (tertiary/aromatic N) is 2. The lowest BCUT2D eigenvalue weighted by Crippen LogP contribution is -2.39. The van der Waals surface area contributed by atoms with Gasteiger partial charge in [0.15, 0.2) is 0 Å². The van der Waals surface area contributed by atoms with E-state index in [0.717, 1.165) is 30.1 Å². The van der Waals surface area contributed by atoms with Crippen LogP contribution in [0.1, 0.15) is 62.7 Å². The summed E-state index contributed by atoms with van der Waals surface area (Å²) < 4.78 is 0.309. The summed E-state index contributed by atoms with van der Waals surface area (Å²) in [5.74, 6) is 0.615. The number of carbonyl (C=O) groups excluding carboxylic acids is 1. The molecule has 1 aliphatic rings. The summed E-state index contributed by atoms with van der Waals surface area (Å²) in [7, 11) is 0. The van der Waals surface area contributed by atoms with E-state index in [-0.39, 0.29) is 11.9 Å². The maximum absolute atomic E-state index is 12.0. The van der Waals surface area contributed by atoms with Crippen LogP contribution in [0.15, 0.2) is 0 Å². The van der Waals surface area contributed by atoms with Gasteiger partial charge < -0.3 is 5.32 Å². The van der Waals surface area contributed by atoms with E-state index in [1.54, 1.807) is 0 Å². The van der Waals surface area contributed by atoms with Crippen LogP contribution >= 0.6 is 22.9 Å². The Hall–Kier alpha value is -0.680. The van der Waals surface area contributed by atoms with Gasteiger partial charge in [-0.25, -0.2) is 0 Å². The molecular weight excluding hydrogens is 294 g/mol. The molecule has 112 valence electrons. The average Bonchev–Trinajstić information content (AvgIpc) is 2.86. The standard InChI is InChI=1S/C14H22ClN3OS/c1-4-14(2,3)9-5-7-10(8-6-9)16-11(19)12-17-18-13(15)20-12/h9-10H,4-8H2,1-3H3,(H,16,19). The van der Waals surface area contributed by atoms with Crippen molar-refractivity contribution in [2.45, 2.75) is 58.9 Å². The van der Waals surface area contributed by atoms with E-state index < -0.39 is 0 Å². The maximum atomic E-state index is 12.0. The summed E-state index contributed by atoms with van der Waals surface area (Å²) in [5, 5.41) is 10.8. The Morgan fingerprint density at radius 2 is 2.00 bits per heavy atom. The molecule has 0 radical (unpaired) electrons. The molecule has 1 aromatic heterocycles. The molecule has 20 heavy (non-hydrogen) atoms. The first kappa shape index (κ1) is 15.7. The van der Waals surface area contributed by atoms with Crippen LogP contribution in [0.3, 0.4) is 0 Å². The molecule has 1 N–H and O–H groups in total. The van der Waals surface area contributed by atoms with Gasteiger partial charge >= 0.3 is 0 Å². The van der Waals surface area contributed by atoms with Gasteiger partial charge in [0.05, 0.1) is 0 Å². The number of halogens is 1. The van der Waals surface area contributed by atoms with Crippen LogP contribution in [-0.2, 0) is 0 Å². The molecular formula is C14H22ClN3OS. The highest BCUT2D eigenvalue weighted by Gasteiger charge is 2.32. The molecule has 1 heterocycles. The molecule has 4 nitrogen and oxygen atoms in total. The number of hydrogen-bond acceptors (Lipinski definition) is 4. The van der Waals surface area contributed by atoms with Gasteiger partial charge in [0.1, 0.15) is 0 Å². The highest BCUT2D eigenvalue weighted by atomic mass is 35.5. The Morgan fingerprint density at radius 1 is 1.35 bits per heavy atom. The van der Waals surface area contributed by atoms with E-state index >= 15 is 0 Å². The van der Waals surface area contributed by atoms with Crippen LogP contribution in [0.2, 0.25) is 4.47 Å². The van der Waals surface area contributed by atoms with Crippen molar-refractivity contribution in [1.29, 1.82) is 0 Å². The van der Waals surface area contributed by atoms with Gasteiger partial charge in [-0.3, -0.25) is 4.79 Å². The molecule has 0 spiro atoms. The van der Waals surface area contributed by atoms with Crippen molar-refractivity contribution in [2.24, 2.45) is 11.3 Å². The minimum atomic E-state index is -0.146. The predicted octanol–water partition coefficient (Wildman–Crippen LogP) is 3.92. The molecule has 1 fully saturated rings. The smallest absolute Gasteiger partial charge is 0.282 e. The van der Waals surface area contributed by atoms with E-state index in [1.807, 2.05) is 0 Å². The molecule has 1 aromatic rings. The molecule has 0 atom stereocenters. The van der Waals surface area contributed by atoms with E-state index in [2.05, 4.69) is 36.3 Å². The molecule has 0 bridgehead atoms. The van der Waals surface area contributed by atoms with Crippen molar-refractivity contribution in [2.75, 3.05) is 0 Å².